The number of amides is 1. The second-order valence-corrected chi connectivity index (χ2v) is 10.3. The number of carbonyl (C=O) groups is 1. The summed E-state index contributed by atoms with van der Waals surface area (Å²) < 4.78 is 17.9. The highest BCUT2D eigenvalue weighted by atomic mass is 32.2. The Labute approximate surface area is 217 Å². The predicted octanol–water partition coefficient (Wildman–Crippen LogP) is 4.94. The van der Waals surface area contributed by atoms with E-state index in [0.717, 1.165) is 48.6 Å². The number of rotatable bonds is 10. The first kappa shape index (κ1) is 24.7. The van der Waals surface area contributed by atoms with Crippen LogP contribution in [0, 0.1) is 0 Å². The van der Waals surface area contributed by atoms with Crippen LogP contribution >= 0.6 is 11.8 Å². The molecule has 188 valence electrons. The highest BCUT2D eigenvalue weighted by Crippen LogP contribution is 2.33. The van der Waals surface area contributed by atoms with E-state index in [0.29, 0.717) is 24.6 Å². The van der Waals surface area contributed by atoms with Gasteiger partial charge in [-0.25, -0.2) is 4.98 Å². The van der Waals surface area contributed by atoms with E-state index in [1.807, 2.05) is 41.3 Å². The van der Waals surface area contributed by atoms with Gasteiger partial charge in [0.25, 0.3) is 0 Å². The number of nitrogens with zero attached hydrogens (tertiary/aromatic N) is 2. The molecular formula is C29H32N2O4S. The van der Waals surface area contributed by atoms with Crippen LogP contribution in [0.4, 0.5) is 0 Å². The van der Waals surface area contributed by atoms with E-state index in [2.05, 4.69) is 29.2 Å². The number of benzene rings is 2. The monoisotopic (exact) mass is 504 g/mol. The summed E-state index contributed by atoms with van der Waals surface area (Å²) in [5.74, 6) is 1.84. The fraction of sp³-hybridized carbons (Fsp3) is 0.379. The molecule has 0 bridgehead atoms. The normalized spacial score (nSPS) is 17.1. The first-order valence-corrected chi connectivity index (χ1v) is 13.5. The van der Waals surface area contributed by atoms with E-state index in [1.54, 1.807) is 13.3 Å². The molecule has 2 heterocycles. The molecule has 3 aromatic rings. The third kappa shape index (κ3) is 6.20. The Kier molecular flexibility index (Phi) is 8.08. The maximum Gasteiger partial charge on any atom is 0.233 e. The summed E-state index contributed by atoms with van der Waals surface area (Å²) in [5, 5.41) is 0.847. The van der Waals surface area contributed by atoms with Crippen LogP contribution in [-0.4, -0.2) is 54.0 Å². The Morgan fingerprint density at radius 2 is 1.89 bits per heavy atom. The number of hydrogen-bond acceptors (Lipinski definition) is 6. The van der Waals surface area contributed by atoms with Crippen molar-refractivity contribution in [3.63, 3.8) is 0 Å². The molecule has 1 aliphatic heterocycles. The molecule has 36 heavy (non-hydrogen) atoms. The smallest absolute Gasteiger partial charge is 0.233 e. The summed E-state index contributed by atoms with van der Waals surface area (Å²) in [6.45, 7) is 1.84. The standard InChI is InChI=1S/C29H32N2O4S/c1-33-27-15-21(11-12-26(27)35-25-16-22-7-2-3-8-23(22)17-25)18-31(19-24-9-6-14-34-24)29(32)20-36-28-10-4-5-13-30-28/h2-5,7-8,10-13,15,24-25H,6,9,14,16-20H2,1H3/t24-/m1/s1. The van der Waals surface area contributed by atoms with Gasteiger partial charge in [0.05, 0.1) is 24.0 Å². The van der Waals surface area contributed by atoms with Crippen LogP contribution in [0.2, 0.25) is 0 Å². The van der Waals surface area contributed by atoms with Gasteiger partial charge in [0.2, 0.25) is 5.91 Å². The first-order valence-electron chi connectivity index (χ1n) is 12.5. The van der Waals surface area contributed by atoms with Crippen molar-refractivity contribution < 1.29 is 19.0 Å². The van der Waals surface area contributed by atoms with E-state index in [4.69, 9.17) is 14.2 Å². The third-order valence-corrected chi connectivity index (χ3v) is 7.62. The van der Waals surface area contributed by atoms with Crippen molar-refractivity contribution in [2.75, 3.05) is 26.0 Å². The molecule has 0 N–H and O–H groups in total. The Balaban J connectivity index is 1.26. The zero-order valence-electron chi connectivity index (χ0n) is 20.6. The van der Waals surface area contributed by atoms with E-state index < -0.39 is 0 Å². The summed E-state index contributed by atoms with van der Waals surface area (Å²) in [5.41, 5.74) is 3.71. The lowest BCUT2D eigenvalue weighted by atomic mass is 10.1. The van der Waals surface area contributed by atoms with Gasteiger partial charge in [-0.1, -0.05) is 48.2 Å². The topological polar surface area (TPSA) is 60.9 Å². The summed E-state index contributed by atoms with van der Waals surface area (Å²) >= 11 is 1.46. The number of pyridine rings is 1. The van der Waals surface area contributed by atoms with Crippen LogP contribution in [0.1, 0.15) is 29.5 Å². The van der Waals surface area contributed by atoms with Crippen LogP contribution in [0.15, 0.2) is 71.9 Å². The molecule has 1 atom stereocenters. The Bertz CT molecular complexity index is 1140. The zero-order valence-corrected chi connectivity index (χ0v) is 21.4. The quantitative estimate of drug-likeness (QED) is 0.365. The van der Waals surface area contributed by atoms with Gasteiger partial charge in [-0.05, 0) is 53.8 Å². The number of methoxy groups -OCH3 is 1. The van der Waals surface area contributed by atoms with Crippen LogP contribution in [0.25, 0.3) is 0 Å². The highest BCUT2D eigenvalue weighted by molar-refractivity contribution is 7.99. The minimum atomic E-state index is 0.0733. The second-order valence-electron chi connectivity index (χ2n) is 9.27. The van der Waals surface area contributed by atoms with Crippen LogP contribution < -0.4 is 9.47 Å². The van der Waals surface area contributed by atoms with Gasteiger partial charge < -0.3 is 19.1 Å². The molecule has 1 aromatic heterocycles. The molecule has 1 aliphatic carbocycles. The average molecular weight is 505 g/mol. The van der Waals surface area contributed by atoms with E-state index in [9.17, 15) is 4.79 Å². The lowest BCUT2D eigenvalue weighted by Gasteiger charge is -2.26. The van der Waals surface area contributed by atoms with Gasteiger partial charge in [-0.3, -0.25) is 4.79 Å². The molecule has 7 heteroatoms. The molecule has 1 saturated heterocycles. The fourth-order valence-corrected chi connectivity index (χ4v) is 5.62. The van der Waals surface area contributed by atoms with Crippen LogP contribution in [0.3, 0.4) is 0 Å². The zero-order chi connectivity index (χ0) is 24.7. The van der Waals surface area contributed by atoms with Gasteiger partial charge in [0.1, 0.15) is 6.10 Å². The first-order chi connectivity index (χ1) is 17.7. The predicted molar refractivity (Wildman–Crippen MR) is 141 cm³/mol. The number of hydrogen-bond donors (Lipinski definition) is 0. The minimum absolute atomic E-state index is 0.0733. The molecule has 0 saturated carbocycles. The SMILES string of the molecule is COc1cc(CN(C[C@H]2CCCO2)C(=O)CSc2ccccn2)ccc1OC1Cc2ccccc2C1. The van der Waals surface area contributed by atoms with Crippen molar-refractivity contribution in [1.82, 2.24) is 9.88 Å². The average Bonchev–Trinajstić information content (AvgIpc) is 3.57. The lowest BCUT2D eigenvalue weighted by molar-refractivity contribution is -0.130. The maximum atomic E-state index is 13.2. The molecule has 1 fully saturated rings. The molecule has 6 nitrogen and oxygen atoms in total. The van der Waals surface area contributed by atoms with Gasteiger partial charge in [0, 0.05) is 38.7 Å². The summed E-state index contributed by atoms with van der Waals surface area (Å²) in [6.07, 6.45) is 5.76. The number of thioether (sulfide) groups is 1. The van der Waals surface area contributed by atoms with Crippen molar-refractivity contribution >= 4 is 17.7 Å². The highest BCUT2D eigenvalue weighted by Gasteiger charge is 2.25. The van der Waals surface area contributed by atoms with E-state index >= 15 is 0 Å². The van der Waals surface area contributed by atoms with Crippen LogP contribution in [-0.2, 0) is 28.9 Å². The third-order valence-electron chi connectivity index (χ3n) is 6.69. The van der Waals surface area contributed by atoms with Crippen LogP contribution in [0.5, 0.6) is 11.5 Å². The van der Waals surface area contributed by atoms with Crippen molar-refractivity contribution in [2.45, 2.75) is 49.5 Å². The number of fused-ring (bicyclic) bond motifs is 1. The van der Waals surface area contributed by atoms with Crippen molar-refractivity contribution in [3.05, 3.63) is 83.6 Å². The molecule has 2 aromatic carbocycles. The van der Waals surface area contributed by atoms with E-state index in [1.165, 1.54) is 22.9 Å². The summed E-state index contributed by atoms with van der Waals surface area (Å²) in [4.78, 5) is 19.5. The van der Waals surface area contributed by atoms with Gasteiger partial charge >= 0.3 is 0 Å². The lowest BCUT2D eigenvalue weighted by Crippen LogP contribution is -2.38. The molecule has 0 radical (unpaired) electrons. The number of ether oxygens (including phenoxy) is 3. The largest absolute Gasteiger partial charge is 0.493 e. The molecule has 5 rings (SSSR count). The number of aromatic nitrogens is 1. The summed E-state index contributed by atoms with van der Waals surface area (Å²) in [7, 11) is 1.66. The fourth-order valence-electron chi connectivity index (χ4n) is 4.86. The summed E-state index contributed by atoms with van der Waals surface area (Å²) in [6, 6.07) is 20.2. The maximum absolute atomic E-state index is 13.2. The molecule has 2 aliphatic rings. The molecule has 0 spiro atoms. The Hall–Kier alpha value is -3.03. The van der Waals surface area contributed by atoms with Gasteiger partial charge in [-0.15, -0.1) is 0 Å². The number of carbonyl (C=O) groups excluding carboxylic acids is 1. The second kappa shape index (κ2) is 11.8. The Morgan fingerprint density at radius 1 is 1.08 bits per heavy atom. The molecule has 0 unspecified atom stereocenters. The molecule has 1 amide bonds. The van der Waals surface area contributed by atoms with Crippen molar-refractivity contribution in [1.29, 1.82) is 0 Å². The van der Waals surface area contributed by atoms with Crippen molar-refractivity contribution in [3.8, 4) is 11.5 Å². The van der Waals surface area contributed by atoms with Crippen molar-refractivity contribution in [2.24, 2.45) is 0 Å². The Morgan fingerprint density at radius 3 is 2.58 bits per heavy atom. The van der Waals surface area contributed by atoms with Gasteiger partial charge in [-0.2, -0.15) is 0 Å². The molecular weight excluding hydrogens is 472 g/mol. The van der Waals surface area contributed by atoms with Gasteiger partial charge in [0.15, 0.2) is 11.5 Å². The minimum Gasteiger partial charge on any atom is -0.493 e. The van der Waals surface area contributed by atoms with E-state index in [-0.39, 0.29) is 18.1 Å².